The van der Waals surface area contributed by atoms with Gasteiger partial charge in [-0.05, 0) is 26.7 Å². The topological polar surface area (TPSA) is 38.0 Å². The maximum atomic E-state index is 9.56. The van der Waals surface area contributed by atoms with Gasteiger partial charge in [0.2, 0.25) is 0 Å². The fraction of sp³-hybridized carbons (Fsp3) is 0.462. The van der Waals surface area contributed by atoms with Crippen LogP contribution in [0.3, 0.4) is 0 Å². The molecule has 1 heterocycles. The van der Waals surface area contributed by atoms with Crippen molar-refractivity contribution in [3.05, 3.63) is 33.6 Å². The predicted octanol–water partition coefficient (Wildman–Crippen LogP) is 3.82. The molecule has 2 rings (SSSR count). The van der Waals surface area contributed by atoms with Crippen LogP contribution in [0.15, 0.2) is 22.3 Å². The van der Waals surface area contributed by atoms with Gasteiger partial charge in [0.05, 0.1) is 24.5 Å². The summed E-state index contributed by atoms with van der Waals surface area (Å²) in [6.45, 7) is 3.58. The Balaban J connectivity index is 2.52. The summed E-state index contributed by atoms with van der Waals surface area (Å²) >= 11 is 12.3. The summed E-state index contributed by atoms with van der Waals surface area (Å²) in [5.74, 6) is 0. The lowest BCUT2D eigenvalue weighted by Crippen LogP contribution is -2.04. The van der Waals surface area contributed by atoms with E-state index in [0.717, 1.165) is 29.7 Å². The number of allylic oxidation sites excluding steroid dienone is 4. The molecule has 1 saturated carbocycles. The summed E-state index contributed by atoms with van der Waals surface area (Å²) in [5, 5.41) is 15.1. The second-order valence-electron chi connectivity index (χ2n) is 4.38. The van der Waals surface area contributed by atoms with Crippen LogP contribution in [0.1, 0.15) is 44.0 Å². The van der Waals surface area contributed by atoms with Crippen LogP contribution in [0, 0.1) is 0 Å². The number of halogens is 2. The molecule has 18 heavy (non-hydrogen) atoms. The second-order valence-corrected chi connectivity index (χ2v) is 5.36. The van der Waals surface area contributed by atoms with E-state index in [-0.39, 0.29) is 6.61 Å². The average molecular weight is 287 g/mol. The maximum Gasteiger partial charge on any atom is 0.0856 e. The van der Waals surface area contributed by atoms with Gasteiger partial charge >= 0.3 is 0 Å². The molecule has 0 aliphatic heterocycles. The lowest BCUT2D eigenvalue weighted by Gasteiger charge is -2.10. The van der Waals surface area contributed by atoms with Crippen LogP contribution in [-0.4, -0.2) is 14.9 Å². The Labute approximate surface area is 117 Å². The second kappa shape index (κ2) is 5.47. The van der Waals surface area contributed by atoms with Crippen molar-refractivity contribution in [2.75, 3.05) is 0 Å². The highest BCUT2D eigenvalue weighted by molar-refractivity contribution is 6.41. The van der Waals surface area contributed by atoms with E-state index in [4.69, 9.17) is 23.2 Å². The van der Waals surface area contributed by atoms with E-state index < -0.39 is 0 Å². The van der Waals surface area contributed by atoms with E-state index in [9.17, 15) is 5.11 Å². The third-order valence-corrected chi connectivity index (χ3v) is 3.64. The van der Waals surface area contributed by atoms with E-state index >= 15 is 0 Å². The third kappa shape index (κ3) is 2.48. The zero-order valence-electron chi connectivity index (χ0n) is 10.5. The summed E-state index contributed by atoms with van der Waals surface area (Å²) in [6.07, 6.45) is 5.75. The Morgan fingerprint density at radius 1 is 1.56 bits per heavy atom. The highest BCUT2D eigenvalue weighted by atomic mass is 35.5. The van der Waals surface area contributed by atoms with Crippen LogP contribution >= 0.6 is 23.2 Å². The Hall–Kier alpha value is -0.770. The molecule has 0 bridgehead atoms. The summed E-state index contributed by atoms with van der Waals surface area (Å²) < 4.78 is 1.88. The van der Waals surface area contributed by atoms with Crippen LogP contribution in [0.2, 0.25) is 0 Å². The first kappa shape index (κ1) is 13.7. The van der Waals surface area contributed by atoms with Gasteiger partial charge in [-0.15, -0.1) is 0 Å². The molecule has 1 aromatic rings. The fourth-order valence-corrected chi connectivity index (χ4v) is 2.51. The Kier molecular flexibility index (Phi) is 4.15. The van der Waals surface area contributed by atoms with Gasteiger partial charge in [0.25, 0.3) is 0 Å². The Morgan fingerprint density at radius 2 is 2.22 bits per heavy atom. The SMILES string of the molecule is C/C=C(Cl)\C(=C(/C)Cl)c1cnn(C2CC2)c1CO. The van der Waals surface area contributed by atoms with Crippen LogP contribution in [0.25, 0.3) is 5.57 Å². The summed E-state index contributed by atoms with van der Waals surface area (Å²) in [5.41, 5.74) is 2.35. The summed E-state index contributed by atoms with van der Waals surface area (Å²) in [7, 11) is 0. The minimum absolute atomic E-state index is 0.0621. The molecule has 1 aromatic heterocycles. The lowest BCUT2D eigenvalue weighted by atomic mass is 10.1. The maximum absolute atomic E-state index is 9.56. The number of nitrogens with zero attached hydrogens (tertiary/aromatic N) is 2. The van der Waals surface area contributed by atoms with Crippen LogP contribution in [0.5, 0.6) is 0 Å². The fourth-order valence-electron chi connectivity index (χ4n) is 2.01. The van der Waals surface area contributed by atoms with E-state index in [1.165, 1.54) is 0 Å². The van der Waals surface area contributed by atoms with E-state index in [1.54, 1.807) is 19.2 Å². The summed E-state index contributed by atoms with van der Waals surface area (Å²) in [6, 6.07) is 0.419. The van der Waals surface area contributed by atoms with Crippen LogP contribution in [-0.2, 0) is 6.61 Å². The molecule has 1 aliphatic rings. The van der Waals surface area contributed by atoms with Gasteiger partial charge < -0.3 is 5.11 Å². The molecular formula is C13H16Cl2N2O. The largest absolute Gasteiger partial charge is 0.390 e. The van der Waals surface area contributed by atoms with Crippen molar-refractivity contribution in [1.29, 1.82) is 0 Å². The molecular weight excluding hydrogens is 271 g/mol. The number of hydrogen-bond acceptors (Lipinski definition) is 2. The van der Waals surface area contributed by atoms with Crippen molar-refractivity contribution < 1.29 is 5.11 Å². The smallest absolute Gasteiger partial charge is 0.0856 e. The number of aromatic nitrogens is 2. The lowest BCUT2D eigenvalue weighted by molar-refractivity contribution is 0.267. The van der Waals surface area contributed by atoms with Crippen LogP contribution in [0.4, 0.5) is 0 Å². The predicted molar refractivity (Wildman–Crippen MR) is 74.5 cm³/mol. The molecule has 1 fully saturated rings. The van der Waals surface area contributed by atoms with Gasteiger partial charge in [-0.3, -0.25) is 4.68 Å². The van der Waals surface area contributed by atoms with Crippen molar-refractivity contribution in [1.82, 2.24) is 9.78 Å². The van der Waals surface area contributed by atoms with E-state index in [2.05, 4.69) is 5.10 Å². The van der Waals surface area contributed by atoms with E-state index in [0.29, 0.717) is 16.1 Å². The van der Waals surface area contributed by atoms with Gasteiger partial charge in [0, 0.05) is 21.2 Å². The van der Waals surface area contributed by atoms with E-state index in [1.807, 2.05) is 11.6 Å². The van der Waals surface area contributed by atoms with Crippen molar-refractivity contribution in [3.8, 4) is 0 Å². The molecule has 0 atom stereocenters. The monoisotopic (exact) mass is 286 g/mol. The first-order valence-corrected chi connectivity index (χ1v) is 6.71. The molecule has 0 radical (unpaired) electrons. The standard InChI is InChI=1S/C13H16Cl2N2O/c1-3-11(15)13(8(2)14)10-6-16-17(9-4-5-9)12(10)7-18/h3,6,9,18H,4-5,7H2,1-2H3/b11-3+,13-8+. The Morgan fingerprint density at radius 3 is 2.67 bits per heavy atom. The van der Waals surface area contributed by atoms with Crippen molar-refractivity contribution in [2.24, 2.45) is 0 Å². The third-order valence-electron chi connectivity index (χ3n) is 3.05. The number of aliphatic hydroxyl groups excluding tert-OH is 1. The van der Waals surface area contributed by atoms with Gasteiger partial charge in [0.1, 0.15) is 0 Å². The van der Waals surface area contributed by atoms with Gasteiger partial charge in [-0.2, -0.15) is 5.10 Å². The Bertz CT molecular complexity index is 509. The normalized spacial score (nSPS) is 17.9. The van der Waals surface area contributed by atoms with Crippen LogP contribution < -0.4 is 0 Å². The average Bonchev–Trinajstić information content (AvgIpc) is 3.10. The van der Waals surface area contributed by atoms with Gasteiger partial charge in [-0.25, -0.2) is 0 Å². The molecule has 1 aliphatic carbocycles. The highest BCUT2D eigenvalue weighted by Gasteiger charge is 2.28. The molecule has 0 unspecified atom stereocenters. The molecule has 0 aromatic carbocycles. The number of hydrogen-bond donors (Lipinski definition) is 1. The number of aliphatic hydroxyl groups is 1. The molecule has 0 amide bonds. The first-order chi connectivity index (χ1) is 8.60. The molecule has 98 valence electrons. The molecule has 0 spiro atoms. The zero-order valence-corrected chi connectivity index (χ0v) is 12.0. The summed E-state index contributed by atoms with van der Waals surface area (Å²) in [4.78, 5) is 0. The molecule has 3 nitrogen and oxygen atoms in total. The first-order valence-electron chi connectivity index (χ1n) is 5.96. The van der Waals surface area contributed by atoms with Gasteiger partial charge in [0.15, 0.2) is 0 Å². The molecule has 0 saturated heterocycles. The quantitative estimate of drug-likeness (QED) is 0.855. The number of rotatable bonds is 4. The minimum atomic E-state index is -0.0621. The minimum Gasteiger partial charge on any atom is -0.390 e. The molecule has 1 N–H and O–H groups in total. The zero-order chi connectivity index (χ0) is 13.3. The van der Waals surface area contributed by atoms with Gasteiger partial charge in [-0.1, -0.05) is 29.3 Å². The van der Waals surface area contributed by atoms with Crippen molar-refractivity contribution >= 4 is 28.8 Å². The van der Waals surface area contributed by atoms with Crippen molar-refractivity contribution in [3.63, 3.8) is 0 Å². The molecule has 5 heteroatoms. The van der Waals surface area contributed by atoms with Crippen molar-refractivity contribution in [2.45, 2.75) is 39.3 Å². The highest BCUT2D eigenvalue weighted by Crippen LogP contribution is 2.39.